The van der Waals surface area contributed by atoms with Gasteiger partial charge in [-0.05, 0) is 158 Å². The lowest BCUT2D eigenvalue weighted by Gasteiger charge is -2.30. The standard InChI is InChI=1S/C86H107ClN14O16.C2H4O2/c1-49(2)35-67(73(104)42-60(16-9-10-33-91-50(3)4)84(115)101-34-12-17-72(101)83(114)92-51(5)78(88)109)96-79(110)62(37-54-21-30-66(31-22-54)95-85(89)116)44-75(106)69(39-55-23-28-65(29-24-55)94-82(113)71-46-77(108)100-86(117)99-71)98-81(112)63(48-102)45-76(107)70(41-57-13-11-32-90-47-57)97-80(111)61(36-53-19-26-64(87)27-20-53)43-74(105)68(93-52(6)103)40-56-18-25-58-14-7-8-15-59(58)38-56;1-2(3)4/h7-8,11,13-15,18-32,38,47,49-51,60-63,67-72,91,102H,9-10,12,16-17,33-37,39-46,48H2,1-6H3,(H2,88,109)(H,92,114)(H,93,103)(H,94,113)(H,96,110)(H,97,111)(H,98,112)(H3,89,95,116)(H2,99,100,108,117);1H3,(H,3,4)/t51-,60-,61+,62+,63+,67+,68-,69+,70-,71+,72+;/m1./s1. The summed E-state index contributed by atoms with van der Waals surface area (Å²) in [7, 11) is 0. The Labute approximate surface area is 707 Å². The van der Waals surface area contributed by atoms with Crippen LogP contribution in [0.15, 0.2) is 140 Å². The number of aliphatic hydroxyl groups is 1. The van der Waals surface area contributed by atoms with Crippen molar-refractivity contribution in [1.82, 2.24) is 52.4 Å². The van der Waals surface area contributed by atoms with Crippen molar-refractivity contribution in [1.29, 1.82) is 0 Å². The number of fused-ring (bicyclic) bond motifs is 1. The number of unbranched alkanes of at least 4 members (excludes halogenated alkanes) is 1. The SMILES string of the molecule is CC(=O)N[C@H](Cc1ccc2ccccc2c1)C(=O)C[C@H](Cc1ccc(Cl)cc1)C(=O)N[C@H](Cc1cccnc1)C(=O)C[C@@H](CO)C(=O)N[C@@H](Cc1ccc(NC(=O)[C@@H]2CC(=O)NC(=O)N2)cc1)C(=O)C[C@H](Cc1ccc(NC(N)=O)cc1)C(=O)N[C@@H](CC(C)C)C(=O)C[C@@H](CCCCNC(C)C)C(=O)N1CCC[C@H]1C(=O)N[C@H](C)C(N)=O.CC(=O)O. The van der Waals surface area contributed by atoms with Crippen LogP contribution >= 0.6 is 11.6 Å². The van der Waals surface area contributed by atoms with Gasteiger partial charge in [-0.25, -0.2) is 9.59 Å². The fourth-order valence-corrected chi connectivity index (χ4v) is 14.5. The van der Waals surface area contributed by atoms with Gasteiger partial charge in [0.2, 0.25) is 53.2 Å². The number of benzene rings is 5. The summed E-state index contributed by atoms with van der Waals surface area (Å²) in [6.45, 7) is 11.3. The molecule has 5 aromatic carbocycles. The first-order valence-electron chi connectivity index (χ1n) is 40.5. The first-order valence-corrected chi connectivity index (χ1v) is 40.9. The number of carboxylic acids is 1. The maximum absolute atomic E-state index is 15.6. The average molecular weight is 1690 g/mol. The van der Waals surface area contributed by atoms with E-state index in [0.29, 0.717) is 65.2 Å². The van der Waals surface area contributed by atoms with Crippen molar-refractivity contribution in [2.24, 2.45) is 41.1 Å². The van der Waals surface area contributed by atoms with E-state index in [1.165, 1.54) is 67.5 Å². The number of halogens is 1. The molecule has 0 aliphatic carbocycles. The Kier molecular flexibility index (Phi) is 37.7. The summed E-state index contributed by atoms with van der Waals surface area (Å²) in [6, 6.07) is 25.3. The lowest BCUT2D eigenvalue weighted by atomic mass is 9.87. The summed E-state index contributed by atoms with van der Waals surface area (Å²) in [6.07, 6.45) is 2.00. The number of imide groups is 1. The fraction of sp³-hybridized carbons (Fsp3) is 0.443. The Hall–Kier alpha value is -12.2. The number of aromatic nitrogens is 1. The summed E-state index contributed by atoms with van der Waals surface area (Å²) >= 11 is 6.30. The summed E-state index contributed by atoms with van der Waals surface area (Å²) < 4.78 is 0. The zero-order chi connectivity index (χ0) is 88.6. The molecule has 2 aliphatic rings. The topological polar surface area (TPSA) is 502 Å². The number of pyridine rings is 1. The normalized spacial score (nSPS) is 15.9. The third-order valence-corrected chi connectivity index (χ3v) is 20.9. The first kappa shape index (κ1) is 96.0. The maximum Gasteiger partial charge on any atom is 0.322 e. The van der Waals surface area contributed by atoms with Gasteiger partial charge < -0.3 is 74.4 Å². The summed E-state index contributed by atoms with van der Waals surface area (Å²) in [5.74, 6) is -14.9. The number of likely N-dealkylation sites (tertiary alicyclic amines) is 1. The number of nitrogens with two attached hydrogens (primary N) is 2. The summed E-state index contributed by atoms with van der Waals surface area (Å²) in [5.41, 5.74) is 14.0. The van der Waals surface area contributed by atoms with Gasteiger partial charge in [0.25, 0.3) is 5.97 Å². The van der Waals surface area contributed by atoms with Gasteiger partial charge >= 0.3 is 12.1 Å². The zero-order valence-corrected chi connectivity index (χ0v) is 69.8. The number of amides is 13. The number of carbonyl (C=O) groups excluding carboxylic acids is 15. The number of urea groups is 2. The van der Waals surface area contributed by atoms with Crippen molar-refractivity contribution < 1.29 is 86.9 Å². The predicted octanol–water partition coefficient (Wildman–Crippen LogP) is 5.97. The van der Waals surface area contributed by atoms with Crippen LogP contribution in [0.25, 0.3) is 10.8 Å². The number of hydrogen-bond acceptors (Lipinski definition) is 19. The van der Waals surface area contributed by atoms with E-state index in [1.54, 1.807) is 48.5 Å². The molecule has 648 valence electrons. The molecule has 33 heteroatoms. The number of ketones is 4. The third kappa shape index (κ3) is 32.2. The van der Waals surface area contributed by atoms with Gasteiger partial charge in [-0.3, -0.25) is 77.4 Å². The second-order valence-corrected chi connectivity index (χ2v) is 31.9. The molecular weight excluding hydrogens is 1580 g/mol. The van der Waals surface area contributed by atoms with E-state index >= 15 is 28.8 Å². The minimum Gasteiger partial charge on any atom is -0.481 e. The van der Waals surface area contributed by atoms with Gasteiger partial charge in [-0.2, -0.15) is 0 Å². The highest BCUT2D eigenvalue weighted by molar-refractivity contribution is 6.30. The summed E-state index contributed by atoms with van der Waals surface area (Å²) in [4.78, 5) is 224. The molecule has 13 amide bonds. The Morgan fingerprint density at radius 2 is 1.07 bits per heavy atom. The number of aliphatic carboxylic acids is 1. The number of aliphatic hydroxyl groups excluding tert-OH is 1. The monoisotopic (exact) mass is 1690 g/mol. The van der Waals surface area contributed by atoms with E-state index in [9.17, 15) is 48.3 Å². The van der Waals surface area contributed by atoms with Gasteiger partial charge in [-0.15, -0.1) is 0 Å². The Morgan fingerprint density at radius 1 is 0.562 bits per heavy atom. The number of rotatable bonds is 45. The Morgan fingerprint density at radius 3 is 1.60 bits per heavy atom. The van der Waals surface area contributed by atoms with Gasteiger partial charge in [0.05, 0.1) is 43.1 Å². The molecule has 0 saturated carbocycles. The number of carbonyl (C=O) groups is 16. The van der Waals surface area contributed by atoms with Crippen LogP contribution in [-0.2, 0) is 99.2 Å². The van der Waals surface area contributed by atoms with E-state index in [2.05, 4.69) is 58.2 Å². The number of anilines is 2. The van der Waals surface area contributed by atoms with Crippen LogP contribution < -0.4 is 64.6 Å². The number of hydrogen-bond donors (Lipinski definition) is 14. The van der Waals surface area contributed by atoms with Gasteiger partial charge in [0, 0.05) is 105 Å². The van der Waals surface area contributed by atoms with Crippen molar-refractivity contribution in [3.05, 3.63) is 173 Å². The molecule has 3 heterocycles. The lowest BCUT2D eigenvalue weighted by molar-refractivity contribution is -0.144. The molecule has 0 radical (unpaired) electrons. The molecule has 121 heavy (non-hydrogen) atoms. The van der Waals surface area contributed by atoms with E-state index in [0.717, 1.165) is 23.3 Å². The maximum atomic E-state index is 15.6. The molecule has 2 fully saturated rings. The van der Waals surface area contributed by atoms with E-state index in [1.807, 2.05) is 70.2 Å². The third-order valence-electron chi connectivity index (χ3n) is 20.7. The van der Waals surface area contributed by atoms with Crippen LogP contribution in [-0.4, -0.2) is 182 Å². The number of primary amides is 2. The largest absolute Gasteiger partial charge is 0.481 e. The second kappa shape index (κ2) is 47.6. The van der Waals surface area contributed by atoms with Crippen LogP contribution in [0, 0.1) is 29.6 Å². The van der Waals surface area contributed by atoms with Crippen molar-refractivity contribution in [3.8, 4) is 0 Å². The summed E-state index contributed by atoms with van der Waals surface area (Å²) in [5, 5.41) is 47.8. The molecule has 6 aromatic rings. The minimum atomic E-state index is -1.62. The molecular formula is C88H111ClN14O18. The van der Waals surface area contributed by atoms with Crippen LogP contribution in [0.5, 0.6) is 0 Å². The highest BCUT2D eigenvalue weighted by Crippen LogP contribution is 2.29. The first-order chi connectivity index (χ1) is 57.5. The number of nitrogens with zero attached hydrogens (tertiary/aromatic N) is 2. The van der Waals surface area contributed by atoms with E-state index in [-0.39, 0.29) is 82.0 Å². The van der Waals surface area contributed by atoms with E-state index < -0.39 is 186 Å². The molecule has 1 aromatic heterocycles. The van der Waals surface area contributed by atoms with Crippen molar-refractivity contribution in [2.45, 2.75) is 200 Å². The molecule has 2 aliphatic heterocycles. The highest BCUT2D eigenvalue weighted by atomic mass is 35.5. The van der Waals surface area contributed by atoms with Gasteiger partial charge in [0.15, 0.2) is 23.1 Å². The van der Waals surface area contributed by atoms with Gasteiger partial charge in [0.1, 0.15) is 18.1 Å². The fourth-order valence-electron chi connectivity index (χ4n) is 14.4. The van der Waals surface area contributed by atoms with Crippen LogP contribution in [0.3, 0.4) is 0 Å². The van der Waals surface area contributed by atoms with Crippen LogP contribution in [0.4, 0.5) is 21.0 Å². The van der Waals surface area contributed by atoms with Crippen LogP contribution in [0.1, 0.15) is 147 Å². The molecule has 11 atom stereocenters. The number of nitrogens with one attached hydrogen (secondary N) is 10. The zero-order valence-electron chi connectivity index (χ0n) is 69.1. The lowest BCUT2D eigenvalue weighted by Crippen LogP contribution is -2.56. The smallest absolute Gasteiger partial charge is 0.322 e. The van der Waals surface area contributed by atoms with E-state index in [4.69, 9.17) is 33.0 Å². The number of carboxylic acid groups (broad SMARTS) is 1. The molecule has 32 nitrogen and oxygen atoms in total. The quantitative estimate of drug-likeness (QED) is 0.0196. The second-order valence-electron chi connectivity index (χ2n) is 31.5. The van der Waals surface area contributed by atoms with Crippen molar-refractivity contribution in [3.63, 3.8) is 0 Å². The minimum absolute atomic E-state index is 0.0365. The van der Waals surface area contributed by atoms with Crippen LogP contribution in [0.2, 0.25) is 5.02 Å². The molecule has 0 unspecified atom stereocenters. The number of Topliss-reactive ketones (excluding diaryl/α,β-unsaturated/α-hetero) is 4. The molecule has 2 saturated heterocycles. The van der Waals surface area contributed by atoms with Gasteiger partial charge in [-0.1, -0.05) is 131 Å². The average Bonchev–Trinajstić information content (AvgIpc) is 1.46. The molecule has 0 spiro atoms. The predicted molar refractivity (Wildman–Crippen MR) is 452 cm³/mol. The Bertz CT molecular complexity index is 4630. The molecule has 8 rings (SSSR count). The highest BCUT2D eigenvalue weighted by Gasteiger charge is 2.41. The van der Waals surface area contributed by atoms with Crippen molar-refractivity contribution in [2.75, 3.05) is 30.3 Å². The molecule has 0 bridgehead atoms. The molecule has 16 N–H and O–H groups in total. The Balaban J connectivity index is 0.00000493. The van der Waals surface area contributed by atoms with Crippen molar-refractivity contribution >= 4 is 128 Å².